The summed E-state index contributed by atoms with van der Waals surface area (Å²) < 4.78 is 13.9. The number of urea groups is 1. The predicted octanol–water partition coefficient (Wildman–Crippen LogP) is 1.51. The number of primary amides is 2. The largest absolute Gasteiger partial charge is 0.611 e. The molecule has 2 aromatic rings. The maximum atomic E-state index is 12.5. The molecule has 1 atom stereocenters. The van der Waals surface area contributed by atoms with Gasteiger partial charge in [0, 0.05) is 0 Å². The fraction of sp³-hybridized carbons (Fsp3) is 0.312. The van der Waals surface area contributed by atoms with Gasteiger partial charge in [0.1, 0.15) is 5.25 Å². The van der Waals surface area contributed by atoms with Crippen molar-refractivity contribution in [2.45, 2.75) is 35.8 Å². The molecule has 1 aromatic heterocycles. The van der Waals surface area contributed by atoms with Gasteiger partial charge in [-0.25, -0.2) is 9.48 Å². The van der Waals surface area contributed by atoms with Crippen LogP contribution in [0.15, 0.2) is 35.4 Å². The number of hydrogen-bond acceptors (Lipinski definition) is 4. The fourth-order valence-electron chi connectivity index (χ4n) is 2.94. The molecule has 132 valence electrons. The van der Waals surface area contributed by atoms with Gasteiger partial charge in [0.05, 0.1) is 17.6 Å². The zero-order valence-electron chi connectivity index (χ0n) is 13.5. The van der Waals surface area contributed by atoms with Gasteiger partial charge in [-0.05, 0) is 61.1 Å². The highest BCUT2D eigenvalue weighted by molar-refractivity contribution is 7.92. The van der Waals surface area contributed by atoms with Crippen molar-refractivity contribution in [1.29, 1.82) is 0 Å². The molecule has 0 spiro atoms. The van der Waals surface area contributed by atoms with E-state index in [0.717, 1.165) is 30.6 Å². The van der Waals surface area contributed by atoms with E-state index >= 15 is 0 Å². The number of aromatic nitrogens is 2. The average molecular weight is 361 g/mol. The number of anilines is 1. The number of carbonyl (C=O) groups excluding carboxylic acids is 2. The van der Waals surface area contributed by atoms with Crippen LogP contribution in [-0.4, -0.2) is 31.5 Å². The molecule has 0 aliphatic heterocycles. The second-order valence-electron chi connectivity index (χ2n) is 5.89. The Morgan fingerprint density at radius 2 is 1.84 bits per heavy atom. The van der Waals surface area contributed by atoms with Gasteiger partial charge in [-0.3, -0.25) is 4.79 Å². The van der Waals surface area contributed by atoms with E-state index < -0.39 is 23.1 Å². The van der Waals surface area contributed by atoms with Crippen LogP contribution in [0.3, 0.4) is 0 Å². The van der Waals surface area contributed by atoms with Crippen LogP contribution in [0.5, 0.6) is 0 Å². The molecule has 9 heteroatoms. The number of hydrogen-bond donors (Lipinski definition) is 3. The summed E-state index contributed by atoms with van der Waals surface area (Å²) in [4.78, 5) is 23.2. The van der Waals surface area contributed by atoms with Gasteiger partial charge in [0.2, 0.25) is 0 Å². The van der Waals surface area contributed by atoms with E-state index in [9.17, 15) is 14.1 Å². The molecule has 0 radical (unpaired) electrons. The zero-order valence-corrected chi connectivity index (χ0v) is 14.3. The molecule has 1 aromatic carbocycles. The lowest BCUT2D eigenvalue weighted by Crippen LogP contribution is -2.22. The van der Waals surface area contributed by atoms with E-state index in [1.54, 1.807) is 24.3 Å². The number of carbonyl (C=O) groups is 2. The van der Waals surface area contributed by atoms with Crippen molar-refractivity contribution in [3.05, 3.63) is 36.2 Å². The van der Waals surface area contributed by atoms with E-state index in [4.69, 9.17) is 11.5 Å². The lowest BCUT2D eigenvalue weighted by molar-refractivity contribution is 0.0996. The molecule has 1 fully saturated rings. The fourth-order valence-corrected chi connectivity index (χ4v) is 4.49. The average Bonchev–Trinajstić information content (AvgIpc) is 3.23. The van der Waals surface area contributed by atoms with Crippen LogP contribution < -0.4 is 16.8 Å². The molecule has 8 nitrogen and oxygen atoms in total. The van der Waals surface area contributed by atoms with Crippen molar-refractivity contribution in [3.8, 4) is 5.69 Å². The first kappa shape index (κ1) is 17.3. The van der Waals surface area contributed by atoms with Crippen LogP contribution in [0.4, 0.5) is 10.5 Å². The van der Waals surface area contributed by atoms with Crippen molar-refractivity contribution in [2.24, 2.45) is 11.5 Å². The molecule has 0 saturated heterocycles. The minimum atomic E-state index is -1.02. The Morgan fingerprint density at radius 3 is 2.40 bits per heavy atom. The summed E-state index contributed by atoms with van der Waals surface area (Å²) >= 11 is -1.02. The first-order valence-electron chi connectivity index (χ1n) is 7.92. The molecule has 25 heavy (non-hydrogen) atoms. The Balaban J connectivity index is 1.84. The lowest BCUT2D eigenvalue weighted by atomic mass is 10.3. The highest BCUT2D eigenvalue weighted by atomic mass is 32.2. The van der Waals surface area contributed by atoms with Gasteiger partial charge in [-0.15, -0.1) is 0 Å². The summed E-state index contributed by atoms with van der Waals surface area (Å²) in [6.07, 6.45) is 5.71. The number of nitrogens with one attached hydrogen (secondary N) is 1. The van der Waals surface area contributed by atoms with Crippen LogP contribution in [0, 0.1) is 0 Å². The lowest BCUT2D eigenvalue weighted by Gasteiger charge is -2.16. The van der Waals surface area contributed by atoms with E-state index in [1.165, 1.54) is 10.9 Å². The third-order valence-electron chi connectivity index (χ3n) is 4.14. The van der Waals surface area contributed by atoms with Gasteiger partial charge in [0.25, 0.3) is 5.91 Å². The molecule has 5 N–H and O–H groups in total. The SMILES string of the molecule is NC(=O)Nc1cn(-c2ccc([S+]([O-])C3CCCC3)cc2)nc1C(N)=O. The normalized spacial score (nSPS) is 15.9. The minimum Gasteiger partial charge on any atom is -0.611 e. The molecule has 1 aliphatic rings. The summed E-state index contributed by atoms with van der Waals surface area (Å²) in [5, 5.41) is 6.62. The van der Waals surface area contributed by atoms with E-state index in [2.05, 4.69) is 10.4 Å². The molecule has 3 rings (SSSR count). The number of amides is 3. The maximum absolute atomic E-state index is 12.5. The zero-order chi connectivity index (χ0) is 18.0. The Morgan fingerprint density at radius 1 is 1.20 bits per heavy atom. The molecule has 1 saturated carbocycles. The topological polar surface area (TPSA) is 139 Å². The molecule has 0 bridgehead atoms. The van der Waals surface area contributed by atoms with Crippen molar-refractivity contribution in [2.75, 3.05) is 5.32 Å². The number of nitrogens with zero attached hydrogens (tertiary/aromatic N) is 2. The minimum absolute atomic E-state index is 0.0857. The van der Waals surface area contributed by atoms with Crippen LogP contribution in [-0.2, 0) is 11.2 Å². The highest BCUT2D eigenvalue weighted by Gasteiger charge is 2.28. The molecular formula is C16H19N5O3S. The van der Waals surface area contributed by atoms with Gasteiger partial charge >= 0.3 is 6.03 Å². The third kappa shape index (κ3) is 3.77. The van der Waals surface area contributed by atoms with Crippen LogP contribution >= 0.6 is 0 Å². The predicted molar refractivity (Wildman–Crippen MR) is 94.0 cm³/mol. The molecule has 3 amide bonds. The summed E-state index contributed by atoms with van der Waals surface area (Å²) in [5.41, 5.74) is 11.0. The summed E-state index contributed by atoms with van der Waals surface area (Å²) in [6, 6.07) is 6.28. The quantitative estimate of drug-likeness (QED) is 0.694. The van der Waals surface area contributed by atoms with Gasteiger partial charge in [-0.2, -0.15) is 5.10 Å². The second kappa shape index (κ2) is 7.16. The van der Waals surface area contributed by atoms with E-state index in [0.29, 0.717) is 5.69 Å². The Labute approximate surface area is 147 Å². The van der Waals surface area contributed by atoms with Gasteiger partial charge in [0.15, 0.2) is 10.6 Å². The summed E-state index contributed by atoms with van der Waals surface area (Å²) in [6.45, 7) is 0. The smallest absolute Gasteiger partial charge is 0.316 e. The Bertz CT molecular complexity index is 784. The van der Waals surface area contributed by atoms with Crippen LogP contribution in [0.2, 0.25) is 0 Å². The molecule has 1 unspecified atom stereocenters. The van der Waals surface area contributed by atoms with Gasteiger partial charge in [-0.1, -0.05) is 0 Å². The third-order valence-corrected chi connectivity index (χ3v) is 5.96. The van der Waals surface area contributed by atoms with Crippen molar-refractivity contribution in [3.63, 3.8) is 0 Å². The summed E-state index contributed by atoms with van der Waals surface area (Å²) in [5.74, 6) is -0.776. The Kier molecular flexibility index (Phi) is 4.95. The second-order valence-corrected chi connectivity index (χ2v) is 7.62. The monoisotopic (exact) mass is 361 g/mol. The molecular weight excluding hydrogens is 342 g/mol. The first-order chi connectivity index (χ1) is 12.0. The Hall–Kier alpha value is -2.52. The van der Waals surface area contributed by atoms with E-state index in [-0.39, 0.29) is 16.6 Å². The highest BCUT2D eigenvalue weighted by Crippen LogP contribution is 2.30. The van der Waals surface area contributed by atoms with Crippen molar-refractivity contribution in [1.82, 2.24) is 9.78 Å². The molecule has 1 aliphatic carbocycles. The number of benzene rings is 1. The maximum Gasteiger partial charge on any atom is 0.316 e. The number of rotatable bonds is 5. The van der Waals surface area contributed by atoms with Crippen molar-refractivity contribution < 1.29 is 14.1 Å². The number of nitrogens with two attached hydrogens (primary N) is 2. The van der Waals surface area contributed by atoms with Crippen molar-refractivity contribution >= 4 is 28.8 Å². The first-order valence-corrected chi connectivity index (χ1v) is 9.14. The standard InChI is InChI=1S/C16H19N5O3S/c17-15(22)14-13(19-16(18)23)9-21(20-14)10-5-7-12(8-6-10)25(24)11-3-1-2-4-11/h5-9,11H,1-4H2,(H2,17,22)(H3,18,19,23). The van der Waals surface area contributed by atoms with Gasteiger partial charge < -0.3 is 21.3 Å². The van der Waals surface area contributed by atoms with E-state index in [1.807, 2.05) is 0 Å². The molecule has 1 heterocycles. The van der Waals surface area contributed by atoms with Crippen LogP contribution in [0.1, 0.15) is 36.2 Å². The summed E-state index contributed by atoms with van der Waals surface area (Å²) in [7, 11) is 0. The van der Waals surface area contributed by atoms with Crippen LogP contribution in [0.25, 0.3) is 5.69 Å².